The summed E-state index contributed by atoms with van der Waals surface area (Å²) in [5, 5.41) is 3.03. The van der Waals surface area contributed by atoms with Crippen molar-refractivity contribution in [3.8, 4) is 5.75 Å². The first-order chi connectivity index (χ1) is 13.0. The van der Waals surface area contributed by atoms with Crippen LogP contribution in [0.25, 0.3) is 0 Å². The molecule has 2 aromatic rings. The van der Waals surface area contributed by atoms with E-state index in [9.17, 15) is 9.59 Å². The minimum Gasteiger partial charge on any atom is -0.482 e. The fraction of sp³-hybridized carbons (Fsp3) is 0.300. The molecular weight excluding hydrogens is 432 g/mol. The topological polar surface area (TPSA) is 58.6 Å². The van der Waals surface area contributed by atoms with Crippen LogP contribution in [0.2, 0.25) is 5.02 Å². The first kappa shape index (κ1) is 21.3. The third-order valence-corrected chi connectivity index (χ3v) is 4.86. The zero-order chi connectivity index (χ0) is 19.8. The molecule has 1 N–H and O–H groups in total. The molecule has 5 nitrogen and oxygen atoms in total. The van der Waals surface area contributed by atoms with Crippen molar-refractivity contribution in [2.45, 2.75) is 25.9 Å². The Morgan fingerprint density at radius 3 is 2.52 bits per heavy atom. The maximum atomic E-state index is 12.9. The van der Waals surface area contributed by atoms with Crippen molar-refractivity contribution >= 4 is 39.3 Å². The second-order valence-electron chi connectivity index (χ2n) is 5.91. The van der Waals surface area contributed by atoms with E-state index in [0.717, 1.165) is 10.0 Å². The van der Waals surface area contributed by atoms with Gasteiger partial charge in [-0.3, -0.25) is 9.59 Å². The van der Waals surface area contributed by atoms with E-state index in [1.807, 2.05) is 37.3 Å². The van der Waals surface area contributed by atoms with Gasteiger partial charge in [0.05, 0.1) is 5.02 Å². The summed E-state index contributed by atoms with van der Waals surface area (Å²) in [5.41, 5.74) is 0.940. The van der Waals surface area contributed by atoms with Gasteiger partial charge in [0, 0.05) is 18.1 Å². The Bertz CT molecular complexity index is 786. The van der Waals surface area contributed by atoms with Crippen LogP contribution in [0.15, 0.2) is 53.0 Å². The van der Waals surface area contributed by atoms with Crippen LogP contribution in [0, 0.1) is 0 Å². The van der Waals surface area contributed by atoms with Crippen LogP contribution in [-0.2, 0) is 16.1 Å². The van der Waals surface area contributed by atoms with Crippen LogP contribution in [0.5, 0.6) is 5.75 Å². The quantitative estimate of drug-likeness (QED) is 0.656. The first-order valence-corrected chi connectivity index (χ1v) is 9.76. The maximum absolute atomic E-state index is 12.9. The average Bonchev–Trinajstić information content (AvgIpc) is 2.67. The number of rotatable bonds is 8. The van der Waals surface area contributed by atoms with Crippen LogP contribution in [0.3, 0.4) is 0 Å². The van der Waals surface area contributed by atoms with E-state index in [2.05, 4.69) is 21.2 Å². The number of carbonyl (C=O) groups is 2. The fourth-order valence-corrected chi connectivity index (χ4v) is 3.41. The molecule has 0 fully saturated rings. The maximum Gasteiger partial charge on any atom is 0.261 e. The third-order valence-electron chi connectivity index (χ3n) is 4.07. The molecule has 0 heterocycles. The molecule has 0 aliphatic carbocycles. The number of ether oxygens (including phenoxy) is 1. The summed E-state index contributed by atoms with van der Waals surface area (Å²) < 4.78 is 6.43. The van der Waals surface area contributed by atoms with E-state index in [4.69, 9.17) is 16.3 Å². The molecule has 1 unspecified atom stereocenters. The summed E-state index contributed by atoms with van der Waals surface area (Å²) in [6.45, 7) is 1.99. The molecule has 2 amide bonds. The SMILES string of the molecule is CCC(C(=O)NC)N(Cc1ccccc1)C(=O)COc1ccc(Br)cc1Cl. The predicted molar refractivity (Wildman–Crippen MR) is 110 cm³/mol. The van der Waals surface area contributed by atoms with Gasteiger partial charge in [-0.15, -0.1) is 0 Å². The third kappa shape index (κ3) is 5.97. The number of nitrogens with one attached hydrogen (secondary N) is 1. The highest BCUT2D eigenvalue weighted by atomic mass is 79.9. The Labute approximate surface area is 172 Å². The van der Waals surface area contributed by atoms with E-state index in [1.54, 1.807) is 30.1 Å². The second kappa shape index (κ2) is 10.3. The molecule has 0 bridgehead atoms. The van der Waals surface area contributed by atoms with Crippen molar-refractivity contribution < 1.29 is 14.3 Å². The van der Waals surface area contributed by atoms with Gasteiger partial charge < -0.3 is 15.0 Å². The first-order valence-electron chi connectivity index (χ1n) is 8.59. The molecule has 27 heavy (non-hydrogen) atoms. The fourth-order valence-electron chi connectivity index (χ4n) is 2.68. The molecule has 144 valence electrons. The standard InChI is InChI=1S/C20H22BrClN2O3/c1-3-17(20(26)23-2)24(12-14-7-5-4-6-8-14)19(25)13-27-18-10-9-15(21)11-16(18)22/h4-11,17H,3,12-13H2,1-2H3,(H,23,26). The van der Waals surface area contributed by atoms with Crippen molar-refractivity contribution in [3.05, 3.63) is 63.6 Å². The molecule has 2 aromatic carbocycles. The van der Waals surface area contributed by atoms with Gasteiger partial charge in [-0.1, -0.05) is 64.8 Å². The van der Waals surface area contributed by atoms with Crippen LogP contribution in [-0.4, -0.2) is 36.4 Å². The normalized spacial score (nSPS) is 11.6. The Balaban J connectivity index is 2.17. The Morgan fingerprint density at radius 2 is 1.93 bits per heavy atom. The van der Waals surface area contributed by atoms with E-state index in [-0.39, 0.29) is 18.4 Å². The lowest BCUT2D eigenvalue weighted by atomic mass is 10.1. The predicted octanol–water partition coefficient (Wildman–Crippen LogP) is 4.03. The zero-order valence-electron chi connectivity index (χ0n) is 15.2. The number of nitrogens with zero attached hydrogens (tertiary/aromatic N) is 1. The van der Waals surface area contributed by atoms with Gasteiger partial charge in [0.25, 0.3) is 5.91 Å². The monoisotopic (exact) mass is 452 g/mol. The van der Waals surface area contributed by atoms with Gasteiger partial charge in [0.1, 0.15) is 11.8 Å². The van der Waals surface area contributed by atoms with Gasteiger partial charge >= 0.3 is 0 Å². The molecule has 0 aromatic heterocycles. The molecule has 2 rings (SSSR count). The number of likely N-dealkylation sites (N-methyl/N-ethyl adjacent to an activating group) is 1. The van der Waals surface area contributed by atoms with Gasteiger partial charge in [0.2, 0.25) is 5.91 Å². The Hall–Kier alpha value is -2.05. The minimum atomic E-state index is -0.577. The van der Waals surface area contributed by atoms with Gasteiger partial charge in [-0.05, 0) is 30.2 Å². The van der Waals surface area contributed by atoms with Crippen LogP contribution < -0.4 is 10.1 Å². The number of hydrogen-bond acceptors (Lipinski definition) is 3. The van der Waals surface area contributed by atoms with Gasteiger partial charge in [-0.2, -0.15) is 0 Å². The molecule has 0 saturated heterocycles. The van der Waals surface area contributed by atoms with Gasteiger partial charge in [0.15, 0.2) is 6.61 Å². The highest BCUT2D eigenvalue weighted by molar-refractivity contribution is 9.10. The van der Waals surface area contributed by atoms with Crippen LogP contribution >= 0.6 is 27.5 Å². The summed E-state index contributed by atoms with van der Waals surface area (Å²) in [5.74, 6) is -0.0717. The summed E-state index contributed by atoms with van der Waals surface area (Å²) in [6.07, 6.45) is 0.497. The number of amides is 2. The van der Waals surface area contributed by atoms with Gasteiger partial charge in [-0.25, -0.2) is 0 Å². The highest BCUT2D eigenvalue weighted by Gasteiger charge is 2.28. The van der Waals surface area contributed by atoms with Crippen molar-refractivity contribution in [2.75, 3.05) is 13.7 Å². The highest BCUT2D eigenvalue weighted by Crippen LogP contribution is 2.27. The molecule has 0 aliphatic heterocycles. The van der Waals surface area contributed by atoms with Crippen LogP contribution in [0.4, 0.5) is 0 Å². The molecular formula is C20H22BrClN2O3. The zero-order valence-corrected chi connectivity index (χ0v) is 17.6. The van der Waals surface area contributed by atoms with Crippen molar-refractivity contribution in [1.82, 2.24) is 10.2 Å². The van der Waals surface area contributed by atoms with Crippen molar-refractivity contribution in [3.63, 3.8) is 0 Å². The lowest BCUT2D eigenvalue weighted by molar-refractivity contribution is -0.142. The molecule has 0 radical (unpaired) electrons. The van der Waals surface area contributed by atoms with Crippen molar-refractivity contribution in [1.29, 1.82) is 0 Å². The second-order valence-corrected chi connectivity index (χ2v) is 7.23. The van der Waals surface area contributed by atoms with E-state index < -0.39 is 6.04 Å². The number of benzene rings is 2. The smallest absolute Gasteiger partial charge is 0.261 e. The molecule has 0 saturated carbocycles. The largest absolute Gasteiger partial charge is 0.482 e. The molecule has 1 atom stereocenters. The Morgan fingerprint density at radius 1 is 1.22 bits per heavy atom. The lowest BCUT2D eigenvalue weighted by Gasteiger charge is -2.30. The summed E-state index contributed by atoms with van der Waals surface area (Å²) in [6, 6.07) is 14.1. The number of carbonyl (C=O) groups excluding carboxylic acids is 2. The molecule has 0 aliphatic rings. The summed E-state index contributed by atoms with van der Waals surface area (Å²) in [7, 11) is 1.56. The molecule has 0 spiro atoms. The lowest BCUT2D eigenvalue weighted by Crippen LogP contribution is -2.49. The number of hydrogen-bond donors (Lipinski definition) is 1. The van der Waals surface area contributed by atoms with Crippen LogP contribution in [0.1, 0.15) is 18.9 Å². The van der Waals surface area contributed by atoms with E-state index in [1.165, 1.54) is 0 Å². The average molecular weight is 454 g/mol. The Kier molecular flexibility index (Phi) is 8.13. The summed E-state index contributed by atoms with van der Waals surface area (Å²) >= 11 is 9.47. The summed E-state index contributed by atoms with van der Waals surface area (Å²) in [4.78, 5) is 26.7. The number of halogens is 2. The van der Waals surface area contributed by atoms with Crippen molar-refractivity contribution in [2.24, 2.45) is 0 Å². The van der Waals surface area contributed by atoms with E-state index >= 15 is 0 Å². The van der Waals surface area contributed by atoms with E-state index in [0.29, 0.717) is 23.7 Å². The molecule has 7 heteroatoms. The minimum absolute atomic E-state index is 0.205.